The zero-order valence-corrected chi connectivity index (χ0v) is 21.0. The Morgan fingerprint density at radius 3 is 1.97 bits per heavy atom. The van der Waals surface area contributed by atoms with Gasteiger partial charge in [0.25, 0.3) is 0 Å². The van der Waals surface area contributed by atoms with Crippen molar-refractivity contribution in [2.75, 3.05) is 7.04 Å². The van der Waals surface area contributed by atoms with Crippen molar-refractivity contribution >= 4 is 34.8 Å². The van der Waals surface area contributed by atoms with Gasteiger partial charge in [-0.3, -0.25) is 0 Å². The summed E-state index contributed by atoms with van der Waals surface area (Å²) >= 11 is 0. The van der Waals surface area contributed by atoms with Gasteiger partial charge in [0.2, 0.25) is 5.82 Å². The minimum atomic E-state index is -3.03. The molecule has 0 N–H and O–H groups in total. The van der Waals surface area contributed by atoms with Crippen molar-refractivity contribution in [1.29, 1.82) is 0 Å². The van der Waals surface area contributed by atoms with Crippen molar-refractivity contribution in [3.8, 4) is 5.75 Å². The first kappa shape index (κ1) is 21.5. The highest BCUT2D eigenvalue weighted by Gasteiger charge is 2.52. The average Bonchev–Trinajstić information content (AvgIpc) is 3.11. The highest BCUT2D eigenvalue weighted by atomic mass is 19.2. The third-order valence-corrected chi connectivity index (χ3v) is 7.05. The second kappa shape index (κ2) is 9.40. The number of rotatable bonds is 5. The van der Waals surface area contributed by atoms with Crippen molar-refractivity contribution < 1.29 is 26.9 Å². The van der Waals surface area contributed by atoms with Gasteiger partial charge in [-0.25, -0.2) is 9.38 Å². The van der Waals surface area contributed by atoms with E-state index in [-0.39, 0.29) is 16.2 Å². The van der Waals surface area contributed by atoms with Gasteiger partial charge in [0, 0.05) is 16.5 Å². The van der Waals surface area contributed by atoms with E-state index in [1.165, 1.54) is 0 Å². The third kappa shape index (κ3) is 4.54. The van der Waals surface area contributed by atoms with E-state index in [1.807, 2.05) is 88.4 Å². The molecular formula is C30H28BF2NO3. The van der Waals surface area contributed by atoms with Gasteiger partial charge < -0.3 is 14.0 Å². The molecule has 0 spiro atoms. The molecule has 7 heteroatoms. The SMILES string of the molecule is [2H]C([2H])([2H])Oc1c(F)c(F)cc2cc(N=C(c3ccccc3)c3ccccc3)cc(B3OC(C)(C)C(C)(C)O3)c12. The Kier molecular flexibility index (Phi) is 5.47. The standard InChI is InChI=1S/C30H28BF2NO3/c1-29(2)30(3,4)37-31(36-29)23-18-22(16-21-17-24(32)26(33)28(35-5)25(21)23)34-27(19-12-8-6-9-13-19)20-14-10-7-11-15-20/h6-18H,1-5H3/i5D3. The molecule has 0 amide bonds. The molecule has 0 saturated carbocycles. The summed E-state index contributed by atoms with van der Waals surface area (Å²) in [5.41, 5.74) is 1.52. The first-order valence-corrected chi connectivity index (χ1v) is 12.0. The highest BCUT2D eigenvalue weighted by molar-refractivity contribution is 6.65. The van der Waals surface area contributed by atoms with Crippen molar-refractivity contribution in [3.05, 3.63) is 102 Å². The van der Waals surface area contributed by atoms with E-state index in [2.05, 4.69) is 0 Å². The molecule has 37 heavy (non-hydrogen) atoms. The van der Waals surface area contributed by atoms with Gasteiger partial charge in [0.1, 0.15) is 0 Å². The van der Waals surface area contributed by atoms with Gasteiger partial charge in [0.05, 0.1) is 33.8 Å². The van der Waals surface area contributed by atoms with Gasteiger partial charge in [-0.2, -0.15) is 4.39 Å². The fraction of sp³-hybridized carbons (Fsp3) is 0.233. The minimum Gasteiger partial charge on any atom is -0.493 e. The average molecular weight is 502 g/mol. The van der Waals surface area contributed by atoms with Crippen LogP contribution in [-0.2, 0) is 9.31 Å². The lowest BCUT2D eigenvalue weighted by Gasteiger charge is -2.32. The molecule has 1 heterocycles. The molecule has 0 aliphatic carbocycles. The first-order valence-electron chi connectivity index (χ1n) is 13.5. The van der Waals surface area contributed by atoms with Crippen molar-refractivity contribution in [1.82, 2.24) is 0 Å². The van der Waals surface area contributed by atoms with E-state index in [9.17, 15) is 4.39 Å². The lowest BCUT2D eigenvalue weighted by molar-refractivity contribution is 0.00578. The predicted octanol–water partition coefficient (Wildman–Crippen LogP) is 6.59. The summed E-state index contributed by atoms with van der Waals surface area (Å²) < 4.78 is 70.2. The van der Waals surface area contributed by atoms with Crippen LogP contribution in [0.3, 0.4) is 0 Å². The molecule has 4 aromatic rings. The summed E-state index contributed by atoms with van der Waals surface area (Å²) in [6.07, 6.45) is 0. The number of hydrogen-bond acceptors (Lipinski definition) is 4. The molecule has 0 aromatic heterocycles. The van der Waals surface area contributed by atoms with Gasteiger partial charge in [0.15, 0.2) is 11.6 Å². The fourth-order valence-corrected chi connectivity index (χ4v) is 4.40. The van der Waals surface area contributed by atoms with E-state index in [0.717, 1.165) is 17.2 Å². The Morgan fingerprint density at radius 1 is 0.865 bits per heavy atom. The quantitative estimate of drug-likeness (QED) is 0.228. The van der Waals surface area contributed by atoms with Crippen LogP contribution in [0, 0.1) is 11.6 Å². The number of hydrogen-bond donors (Lipinski definition) is 0. The molecule has 1 aliphatic heterocycles. The van der Waals surface area contributed by atoms with Crippen LogP contribution < -0.4 is 10.2 Å². The Balaban J connectivity index is 1.80. The maximum absolute atomic E-state index is 15.1. The van der Waals surface area contributed by atoms with Crippen LogP contribution in [0.25, 0.3) is 10.8 Å². The molecule has 0 bridgehead atoms. The molecule has 0 unspecified atom stereocenters. The zero-order chi connectivity index (χ0) is 28.9. The number of methoxy groups -OCH3 is 1. The summed E-state index contributed by atoms with van der Waals surface area (Å²) in [4.78, 5) is 4.95. The maximum Gasteiger partial charge on any atom is 0.495 e. The topological polar surface area (TPSA) is 40.0 Å². The number of nitrogens with zero attached hydrogens (tertiary/aromatic N) is 1. The predicted molar refractivity (Wildman–Crippen MR) is 144 cm³/mol. The van der Waals surface area contributed by atoms with Crippen molar-refractivity contribution in [2.45, 2.75) is 38.9 Å². The number of fused-ring (bicyclic) bond motifs is 1. The number of benzene rings is 4. The van der Waals surface area contributed by atoms with E-state index in [0.29, 0.717) is 11.4 Å². The summed E-state index contributed by atoms with van der Waals surface area (Å²) in [5.74, 6) is -3.40. The monoisotopic (exact) mass is 502 g/mol. The number of ether oxygens (including phenoxy) is 1. The lowest BCUT2D eigenvalue weighted by Crippen LogP contribution is -2.41. The van der Waals surface area contributed by atoms with Crippen LogP contribution in [0.15, 0.2) is 83.9 Å². The van der Waals surface area contributed by atoms with Crippen LogP contribution in [0.5, 0.6) is 5.75 Å². The van der Waals surface area contributed by atoms with E-state index in [4.69, 9.17) is 23.2 Å². The lowest BCUT2D eigenvalue weighted by atomic mass is 9.75. The largest absolute Gasteiger partial charge is 0.495 e. The number of halogens is 2. The Labute approximate surface area is 220 Å². The molecular weight excluding hydrogens is 471 g/mol. The summed E-state index contributed by atoms with van der Waals surface area (Å²) in [6, 6.07) is 23.3. The Morgan fingerprint density at radius 2 is 1.43 bits per heavy atom. The molecule has 1 saturated heterocycles. The van der Waals surface area contributed by atoms with Gasteiger partial charge in [-0.1, -0.05) is 60.7 Å². The molecule has 5 rings (SSSR count). The molecule has 188 valence electrons. The smallest absolute Gasteiger partial charge is 0.493 e. The van der Waals surface area contributed by atoms with Crippen LogP contribution >= 0.6 is 0 Å². The van der Waals surface area contributed by atoms with Gasteiger partial charge >= 0.3 is 7.12 Å². The van der Waals surface area contributed by atoms with Crippen molar-refractivity contribution in [2.24, 2.45) is 4.99 Å². The summed E-state index contributed by atoms with van der Waals surface area (Å²) in [5, 5.41) is 0.220. The van der Waals surface area contributed by atoms with Crippen molar-refractivity contribution in [3.63, 3.8) is 0 Å². The third-order valence-electron chi connectivity index (χ3n) is 7.05. The second-order valence-electron chi connectivity index (χ2n) is 10.0. The highest BCUT2D eigenvalue weighted by Crippen LogP contribution is 2.39. The Hall–Kier alpha value is -3.55. The van der Waals surface area contributed by atoms with Crippen LogP contribution in [0.1, 0.15) is 42.9 Å². The van der Waals surface area contributed by atoms with E-state index >= 15 is 4.39 Å². The second-order valence-corrected chi connectivity index (χ2v) is 10.0. The van der Waals surface area contributed by atoms with E-state index < -0.39 is 42.7 Å². The normalized spacial score (nSPS) is 17.7. The number of aliphatic imine (C=N–C) groups is 1. The molecule has 0 radical (unpaired) electrons. The fourth-order valence-electron chi connectivity index (χ4n) is 4.40. The summed E-state index contributed by atoms with van der Waals surface area (Å²) in [7, 11) is -4.07. The molecule has 4 nitrogen and oxygen atoms in total. The van der Waals surface area contributed by atoms with Crippen LogP contribution in [0.2, 0.25) is 0 Å². The molecule has 0 atom stereocenters. The summed E-state index contributed by atoms with van der Waals surface area (Å²) in [6.45, 7) is 7.45. The first-order chi connectivity index (χ1) is 18.8. The molecule has 1 fully saturated rings. The van der Waals surface area contributed by atoms with Crippen LogP contribution in [0.4, 0.5) is 14.5 Å². The van der Waals surface area contributed by atoms with E-state index in [1.54, 1.807) is 12.1 Å². The van der Waals surface area contributed by atoms with Crippen LogP contribution in [-0.4, -0.2) is 31.1 Å². The maximum atomic E-state index is 15.1. The van der Waals surface area contributed by atoms with Gasteiger partial charge in [-0.15, -0.1) is 0 Å². The van der Waals surface area contributed by atoms with Gasteiger partial charge in [-0.05, 0) is 56.7 Å². The molecule has 4 aromatic carbocycles. The minimum absolute atomic E-state index is 0.0356. The zero-order valence-electron chi connectivity index (χ0n) is 24.0. The molecule has 1 aliphatic rings. The Bertz CT molecular complexity index is 1540.